The van der Waals surface area contributed by atoms with Gasteiger partial charge in [0.05, 0.1) is 24.2 Å². The summed E-state index contributed by atoms with van der Waals surface area (Å²) in [5.74, 6) is -2.12. The largest absolute Gasteiger partial charge is 0.506 e. The van der Waals surface area contributed by atoms with Gasteiger partial charge in [-0.05, 0) is 79.0 Å². The van der Waals surface area contributed by atoms with Crippen molar-refractivity contribution < 1.29 is 33.8 Å². The number of nitrogens with one attached hydrogen (secondary N) is 3. The molecule has 0 saturated carbocycles. The number of aromatic hydroxyl groups is 1. The summed E-state index contributed by atoms with van der Waals surface area (Å²) in [5, 5.41) is 18.0. The van der Waals surface area contributed by atoms with Gasteiger partial charge in [0.15, 0.2) is 0 Å². The van der Waals surface area contributed by atoms with Crippen molar-refractivity contribution in [3.63, 3.8) is 0 Å². The second-order valence-corrected chi connectivity index (χ2v) is 11.1. The quantitative estimate of drug-likeness (QED) is 0.231. The van der Waals surface area contributed by atoms with E-state index in [-0.39, 0.29) is 30.8 Å². The van der Waals surface area contributed by atoms with Crippen LogP contribution in [0.5, 0.6) is 5.75 Å². The maximum Gasteiger partial charge on any atom is 0.407 e. The molecule has 37 heavy (non-hydrogen) atoms. The summed E-state index contributed by atoms with van der Waals surface area (Å²) in [6.07, 6.45) is -0.0946. The lowest BCUT2D eigenvalue weighted by molar-refractivity contribution is -0.159. The van der Waals surface area contributed by atoms with E-state index in [2.05, 4.69) is 16.0 Å². The number of carbonyl (C=O) groups is 4. The Morgan fingerprint density at radius 2 is 1.59 bits per heavy atom. The Kier molecular flexibility index (Phi) is 11.4. The Bertz CT molecular complexity index is 965. The number of alkyl carbamates (subject to hydrolysis) is 1. The van der Waals surface area contributed by atoms with Gasteiger partial charge in [-0.25, -0.2) is 4.79 Å². The van der Waals surface area contributed by atoms with Crippen LogP contribution in [0.3, 0.4) is 0 Å². The van der Waals surface area contributed by atoms with Gasteiger partial charge < -0.3 is 36.3 Å². The molecule has 3 amide bonds. The van der Waals surface area contributed by atoms with Crippen LogP contribution in [-0.2, 0) is 30.3 Å². The van der Waals surface area contributed by atoms with Crippen LogP contribution in [0.2, 0.25) is 0 Å². The number of amides is 3. The highest BCUT2D eigenvalue weighted by Crippen LogP contribution is 2.26. The molecular formula is C26H42N4O7. The predicted octanol–water partition coefficient (Wildman–Crippen LogP) is 2.60. The first-order valence-electron chi connectivity index (χ1n) is 12.2. The summed E-state index contributed by atoms with van der Waals surface area (Å²) in [4.78, 5) is 48.9. The van der Waals surface area contributed by atoms with Crippen LogP contribution >= 0.6 is 0 Å². The first kappa shape index (κ1) is 31.7. The molecule has 0 spiro atoms. The zero-order valence-electron chi connectivity index (χ0n) is 23.1. The number of phenolic OH excluding ortho intramolecular Hbond substituents is 1. The van der Waals surface area contributed by atoms with Crippen LogP contribution in [0.1, 0.15) is 67.4 Å². The molecule has 0 aliphatic heterocycles. The molecule has 11 nitrogen and oxygen atoms in total. The zero-order valence-corrected chi connectivity index (χ0v) is 23.1. The predicted molar refractivity (Wildman–Crippen MR) is 140 cm³/mol. The number of nitrogens with two attached hydrogens (primary N) is 1. The van der Waals surface area contributed by atoms with E-state index in [9.17, 15) is 24.3 Å². The van der Waals surface area contributed by atoms with Gasteiger partial charge in [0.2, 0.25) is 11.8 Å². The molecule has 0 radical (unpaired) electrons. The lowest BCUT2D eigenvalue weighted by atomic mass is 9.95. The van der Waals surface area contributed by atoms with Crippen LogP contribution in [0.25, 0.3) is 0 Å². The SMILES string of the molecule is CC(N)C(=O)NCC(=O)Nc1cc(CC(CC(C)C(=O)OC(C)(C)C)NC(=O)OC(C)(C)C)ccc1O. The number of benzene rings is 1. The van der Waals surface area contributed by atoms with Gasteiger partial charge in [0.1, 0.15) is 17.0 Å². The van der Waals surface area contributed by atoms with Gasteiger partial charge in [-0.15, -0.1) is 0 Å². The molecule has 3 atom stereocenters. The maximum atomic E-state index is 12.5. The highest BCUT2D eigenvalue weighted by atomic mass is 16.6. The first-order valence-corrected chi connectivity index (χ1v) is 12.2. The molecule has 208 valence electrons. The molecule has 0 saturated heterocycles. The number of hydrogen-bond acceptors (Lipinski definition) is 8. The van der Waals surface area contributed by atoms with Crippen molar-refractivity contribution in [3.8, 4) is 5.75 Å². The van der Waals surface area contributed by atoms with E-state index in [1.807, 2.05) is 0 Å². The van der Waals surface area contributed by atoms with Crippen LogP contribution < -0.4 is 21.7 Å². The topological polar surface area (TPSA) is 169 Å². The highest BCUT2D eigenvalue weighted by Gasteiger charge is 2.27. The van der Waals surface area contributed by atoms with Crippen LogP contribution in [0.4, 0.5) is 10.5 Å². The fourth-order valence-corrected chi connectivity index (χ4v) is 3.21. The van der Waals surface area contributed by atoms with Gasteiger partial charge >= 0.3 is 12.1 Å². The van der Waals surface area contributed by atoms with Crippen molar-refractivity contribution in [3.05, 3.63) is 23.8 Å². The zero-order chi connectivity index (χ0) is 28.6. The molecule has 0 bridgehead atoms. The minimum absolute atomic E-state index is 0.133. The van der Waals surface area contributed by atoms with Crippen LogP contribution in [0, 0.1) is 5.92 Å². The second-order valence-electron chi connectivity index (χ2n) is 11.1. The third-order valence-corrected chi connectivity index (χ3v) is 4.82. The summed E-state index contributed by atoms with van der Waals surface area (Å²) in [7, 11) is 0. The number of esters is 1. The minimum Gasteiger partial charge on any atom is -0.506 e. The molecule has 0 fully saturated rings. The first-order chi connectivity index (χ1) is 16.9. The molecule has 6 N–H and O–H groups in total. The molecule has 1 aromatic carbocycles. The monoisotopic (exact) mass is 522 g/mol. The summed E-state index contributed by atoms with van der Waals surface area (Å²) in [6, 6.07) is 3.33. The summed E-state index contributed by atoms with van der Waals surface area (Å²) < 4.78 is 10.8. The van der Waals surface area contributed by atoms with Crippen molar-refractivity contribution in [2.75, 3.05) is 11.9 Å². The molecule has 0 aromatic heterocycles. The van der Waals surface area contributed by atoms with Crippen LogP contribution in [0.15, 0.2) is 18.2 Å². The molecule has 0 aliphatic carbocycles. The summed E-state index contributed by atoms with van der Waals surface area (Å²) in [6.45, 7) is 13.5. The molecule has 3 unspecified atom stereocenters. The van der Waals surface area contributed by atoms with Gasteiger partial charge in [-0.1, -0.05) is 13.0 Å². The van der Waals surface area contributed by atoms with E-state index in [0.29, 0.717) is 5.56 Å². The normalized spacial score (nSPS) is 14.1. The summed E-state index contributed by atoms with van der Waals surface area (Å²) in [5.41, 5.74) is 4.91. The molecular weight excluding hydrogens is 480 g/mol. The lowest BCUT2D eigenvalue weighted by Gasteiger charge is -2.27. The summed E-state index contributed by atoms with van der Waals surface area (Å²) >= 11 is 0. The molecule has 0 heterocycles. The number of rotatable bonds is 10. The number of ether oxygens (including phenoxy) is 2. The van der Waals surface area contributed by atoms with Crippen molar-refractivity contribution >= 4 is 29.6 Å². The van der Waals surface area contributed by atoms with Gasteiger partial charge in [0, 0.05) is 6.04 Å². The van der Waals surface area contributed by atoms with E-state index in [1.165, 1.54) is 13.0 Å². The third-order valence-electron chi connectivity index (χ3n) is 4.82. The lowest BCUT2D eigenvalue weighted by Crippen LogP contribution is -2.42. The van der Waals surface area contributed by atoms with E-state index in [0.717, 1.165) is 0 Å². The third kappa shape index (κ3) is 13.0. The number of anilines is 1. The number of phenols is 1. The molecule has 1 aromatic rings. The fourth-order valence-electron chi connectivity index (χ4n) is 3.21. The Hall–Kier alpha value is -3.34. The molecule has 1 rings (SSSR count). The highest BCUT2D eigenvalue weighted by molar-refractivity contribution is 5.96. The number of hydrogen-bond donors (Lipinski definition) is 5. The Morgan fingerprint density at radius 3 is 2.14 bits per heavy atom. The van der Waals surface area contributed by atoms with Crippen molar-refractivity contribution in [1.82, 2.24) is 10.6 Å². The van der Waals surface area contributed by atoms with E-state index < -0.39 is 53.1 Å². The molecule has 11 heteroatoms. The van der Waals surface area contributed by atoms with E-state index in [1.54, 1.807) is 60.6 Å². The fraction of sp³-hybridized carbons (Fsp3) is 0.615. The number of carbonyl (C=O) groups excluding carboxylic acids is 4. The Morgan fingerprint density at radius 1 is 1.00 bits per heavy atom. The van der Waals surface area contributed by atoms with Gasteiger partial charge in [0.25, 0.3) is 0 Å². The maximum absolute atomic E-state index is 12.5. The smallest absolute Gasteiger partial charge is 0.407 e. The van der Waals surface area contributed by atoms with E-state index in [4.69, 9.17) is 15.2 Å². The standard InChI is InChI=1S/C26H42N4O7/c1-15(23(34)36-25(3,4)5)11-18(29-24(35)37-26(6,7)8)12-17-9-10-20(31)19(13-17)30-21(32)14-28-22(33)16(2)27/h9-10,13,15-16,18,31H,11-12,14,27H2,1-8H3,(H,28,33)(H,29,35)(H,30,32). The van der Waals surface area contributed by atoms with Crippen molar-refractivity contribution in [2.24, 2.45) is 11.7 Å². The minimum atomic E-state index is -0.762. The van der Waals surface area contributed by atoms with Crippen molar-refractivity contribution in [1.29, 1.82) is 0 Å². The average Bonchev–Trinajstić information content (AvgIpc) is 2.71. The second kappa shape index (κ2) is 13.3. The Labute approximate surface area is 218 Å². The van der Waals surface area contributed by atoms with Gasteiger partial charge in [-0.3, -0.25) is 14.4 Å². The Balaban J connectivity index is 3.03. The average molecular weight is 523 g/mol. The molecule has 0 aliphatic rings. The van der Waals surface area contributed by atoms with Crippen LogP contribution in [-0.4, -0.2) is 58.8 Å². The van der Waals surface area contributed by atoms with E-state index >= 15 is 0 Å². The van der Waals surface area contributed by atoms with Gasteiger partial charge in [-0.2, -0.15) is 0 Å². The van der Waals surface area contributed by atoms with Crippen molar-refractivity contribution in [2.45, 2.75) is 91.5 Å².